The van der Waals surface area contributed by atoms with Gasteiger partial charge in [-0.05, 0) is 48.4 Å². The van der Waals surface area contributed by atoms with Crippen molar-refractivity contribution >= 4 is 33.5 Å². The molecule has 126 valence electrons. The number of benzene rings is 2. The van der Waals surface area contributed by atoms with Crippen molar-refractivity contribution in [3.63, 3.8) is 0 Å². The Hall–Kier alpha value is -2.34. The van der Waals surface area contributed by atoms with Gasteiger partial charge in [0.15, 0.2) is 6.61 Å². The van der Waals surface area contributed by atoms with E-state index in [9.17, 15) is 9.59 Å². The summed E-state index contributed by atoms with van der Waals surface area (Å²) in [5, 5.41) is 2.81. The molecule has 0 fully saturated rings. The van der Waals surface area contributed by atoms with Crippen LogP contribution in [0.25, 0.3) is 0 Å². The van der Waals surface area contributed by atoms with Gasteiger partial charge in [0.1, 0.15) is 5.75 Å². The van der Waals surface area contributed by atoms with Gasteiger partial charge < -0.3 is 14.8 Å². The molecule has 6 heteroatoms. The summed E-state index contributed by atoms with van der Waals surface area (Å²) in [6, 6.07) is 12.6. The lowest BCUT2D eigenvalue weighted by Gasteiger charge is -2.10. The van der Waals surface area contributed by atoms with Crippen LogP contribution in [0.2, 0.25) is 0 Å². The van der Waals surface area contributed by atoms with Gasteiger partial charge in [-0.1, -0.05) is 28.1 Å². The topological polar surface area (TPSA) is 64.6 Å². The van der Waals surface area contributed by atoms with Crippen molar-refractivity contribution in [3.05, 3.63) is 58.1 Å². The van der Waals surface area contributed by atoms with Crippen LogP contribution in [0.5, 0.6) is 5.75 Å². The van der Waals surface area contributed by atoms with Crippen LogP contribution in [0.15, 0.2) is 46.9 Å². The first-order valence-electron chi connectivity index (χ1n) is 7.32. The summed E-state index contributed by atoms with van der Waals surface area (Å²) in [5.74, 6) is 0.0262. The fourth-order valence-corrected chi connectivity index (χ4v) is 2.52. The maximum atomic E-state index is 12.0. The molecule has 0 aliphatic heterocycles. The van der Waals surface area contributed by atoms with E-state index in [1.54, 1.807) is 24.3 Å². The minimum absolute atomic E-state index is 0.0914. The molecule has 2 aromatic rings. The second kappa shape index (κ2) is 8.49. The smallest absolute Gasteiger partial charge is 0.309 e. The third kappa shape index (κ3) is 5.38. The lowest BCUT2D eigenvalue weighted by molar-refractivity contribution is -0.139. The first-order valence-corrected chi connectivity index (χ1v) is 8.12. The molecule has 0 saturated carbocycles. The van der Waals surface area contributed by atoms with Crippen LogP contribution >= 0.6 is 15.9 Å². The number of hydrogen-bond donors (Lipinski definition) is 1. The molecule has 0 unspecified atom stereocenters. The highest BCUT2D eigenvalue weighted by Crippen LogP contribution is 2.20. The molecule has 1 N–H and O–H groups in total. The van der Waals surface area contributed by atoms with E-state index in [1.807, 2.05) is 25.1 Å². The van der Waals surface area contributed by atoms with Crippen LogP contribution in [-0.2, 0) is 20.7 Å². The number of esters is 1. The molecule has 0 radical (unpaired) electrons. The van der Waals surface area contributed by atoms with Crippen molar-refractivity contribution in [1.29, 1.82) is 0 Å². The average molecular weight is 392 g/mol. The number of methoxy groups -OCH3 is 1. The molecule has 24 heavy (non-hydrogen) atoms. The number of anilines is 1. The minimum Gasteiger partial charge on any atom is -0.484 e. The Morgan fingerprint density at radius 1 is 1.12 bits per heavy atom. The van der Waals surface area contributed by atoms with Gasteiger partial charge in [0.25, 0.3) is 5.91 Å². The third-order valence-corrected chi connectivity index (χ3v) is 3.83. The van der Waals surface area contributed by atoms with E-state index in [0.717, 1.165) is 21.3 Å². The van der Waals surface area contributed by atoms with Gasteiger partial charge in [-0.2, -0.15) is 0 Å². The van der Waals surface area contributed by atoms with Gasteiger partial charge in [-0.15, -0.1) is 0 Å². The van der Waals surface area contributed by atoms with Gasteiger partial charge >= 0.3 is 5.97 Å². The summed E-state index contributed by atoms with van der Waals surface area (Å²) < 4.78 is 11.0. The Balaban J connectivity index is 1.86. The summed E-state index contributed by atoms with van der Waals surface area (Å²) >= 11 is 3.38. The van der Waals surface area contributed by atoms with Crippen LogP contribution in [0.1, 0.15) is 11.1 Å². The van der Waals surface area contributed by atoms with E-state index in [1.165, 1.54) is 7.11 Å². The summed E-state index contributed by atoms with van der Waals surface area (Å²) in [4.78, 5) is 23.2. The van der Waals surface area contributed by atoms with Crippen molar-refractivity contribution in [2.45, 2.75) is 13.3 Å². The number of nitrogens with one attached hydrogen (secondary N) is 1. The van der Waals surface area contributed by atoms with E-state index in [0.29, 0.717) is 5.75 Å². The molecule has 0 aromatic heterocycles. The lowest BCUT2D eigenvalue weighted by atomic mass is 10.1. The number of aryl methyl sites for hydroxylation is 1. The van der Waals surface area contributed by atoms with Gasteiger partial charge in [-0.25, -0.2) is 0 Å². The molecule has 0 heterocycles. The van der Waals surface area contributed by atoms with E-state index < -0.39 is 0 Å². The number of rotatable bonds is 6. The quantitative estimate of drug-likeness (QED) is 0.765. The number of amides is 1. The Labute approximate surface area is 149 Å². The minimum atomic E-state index is -0.298. The summed E-state index contributed by atoms with van der Waals surface area (Å²) in [7, 11) is 1.35. The zero-order chi connectivity index (χ0) is 17.5. The number of hydrogen-bond acceptors (Lipinski definition) is 4. The van der Waals surface area contributed by atoms with E-state index in [-0.39, 0.29) is 24.9 Å². The maximum absolute atomic E-state index is 12.0. The molecular formula is C18H18BrNO4. The number of ether oxygens (including phenoxy) is 2. The molecule has 5 nitrogen and oxygen atoms in total. The highest BCUT2D eigenvalue weighted by molar-refractivity contribution is 9.10. The maximum Gasteiger partial charge on any atom is 0.309 e. The van der Waals surface area contributed by atoms with Gasteiger partial charge in [0.2, 0.25) is 0 Å². The molecule has 0 spiro atoms. The van der Waals surface area contributed by atoms with E-state index in [4.69, 9.17) is 4.74 Å². The number of halogens is 1. The summed E-state index contributed by atoms with van der Waals surface area (Å²) in [6.45, 7) is 1.83. The first-order chi connectivity index (χ1) is 11.5. The summed E-state index contributed by atoms with van der Waals surface area (Å²) in [6.07, 6.45) is 0.208. The van der Waals surface area contributed by atoms with E-state index >= 15 is 0 Å². The summed E-state index contributed by atoms with van der Waals surface area (Å²) in [5.41, 5.74) is 2.54. The number of carbonyl (C=O) groups excluding carboxylic acids is 2. The molecule has 2 aromatic carbocycles. The monoisotopic (exact) mass is 391 g/mol. The molecule has 2 rings (SSSR count). The number of carbonyl (C=O) groups is 2. The Kier molecular flexibility index (Phi) is 6.37. The second-order valence-electron chi connectivity index (χ2n) is 5.19. The third-order valence-electron chi connectivity index (χ3n) is 3.33. The second-order valence-corrected chi connectivity index (χ2v) is 6.11. The molecule has 0 atom stereocenters. The lowest BCUT2D eigenvalue weighted by Crippen LogP contribution is -2.20. The predicted octanol–water partition coefficient (Wildman–Crippen LogP) is 3.49. The van der Waals surface area contributed by atoms with Crippen molar-refractivity contribution in [1.82, 2.24) is 0 Å². The predicted molar refractivity (Wildman–Crippen MR) is 95.2 cm³/mol. The van der Waals surface area contributed by atoms with Crippen molar-refractivity contribution < 1.29 is 19.1 Å². The standard InChI is InChI=1S/C18H18BrNO4/c1-12-9-14(19)5-8-16(12)20-17(21)11-24-15-6-3-13(4-7-15)10-18(22)23-2/h3-9H,10-11H2,1-2H3,(H,20,21). The van der Waals surface area contributed by atoms with Crippen molar-refractivity contribution in [2.24, 2.45) is 0 Å². The zero-order valence-corrected chi connectivity index (χ0v) is 15.1. The Morgan fingerprint density at radius 3 is 2.46 bits per heavy atom. The highest BCUT2D eigenvalue weighted by Gasteiger charge is 2.07. The first kappa shape index (κ1) is 18.0. The zero-order valence-electron chi connectivity index (χ0n) is 13.5. The van der Waals surface area contributed by atoms with Crippen LogP contribution in [0.4, 0.5) is 5.69 Å². The van der Waals surface area contributed by atoms with Gasteiger partial charge in [0, 0.05) is 10.2 Å². The normalized spacial score (nSPS) is 10.1. The van der Waals surface area contributed by atoms with Crippen molar-refractivity contribution in [2.75, 3.05) is 19.0 Å². The SMILES string of the molecule is COC(=O)Cc1ccc(OCC(=O)Nc2ccc(Br)cc2C)cc1. The molecule has 1 amide bonds. The Bertz CT molecular complexity index is 728. The van der Waals surface area contributed by atoms with Crippen LogP contribution in [0, 0.1) is 6.92 Å². The Morgan fingerprint density at radius 2 is 1.83 bits per heavy atom. The molecule has 0 aliphatic rings. The van der Waals surface area contributed by atoms with Gasteiger partial charge in [0.05, 0.1) is 13.5 Å². The van der Waals surface area contributed by atoms with Crippen molar-refractivity contribution in [3.8, 4) is 5.75 Å². The average Bonchev–Trinajstić information content (AvgIpc) is 2.56. The van der Waals surface area contributed by atoms with Crippen LogP contribution < -0.4 is 10.1 Å². The van der Waals surface area contributed by atoms with E-state index in [2.05, 4.69) is 26.0 Å². The molecule has 0 bridgehead atoms. The van der Waals surface area contributed by atoms with Gasteiger partial charge in [-0.3, -0.25) is 9.59 Å². The molecule has 0 saturated heterocycles. The largest absolute Gasteiger partial charge is 0.484 e. The van der Waals surface area contributed by atoms with Crippen LogP contribution in [0.3, 0.4) is 0 Å². The fraction of sp³-hybridized carbons (Fsp3) is 0.222. The molecule has 0 aliphatic carbocycles. The van der Waals surface area contributed by atoms with Crippen LogP contribution in [-0.4, -0.2) is 25.6 Å². The highest BCUT2D eigenvalue weighted by atomic mass is 79.9. The fourth-order valence-electron chi connectivity index (χ4n) is 2.04. The molecular weight excluding hydrogens is 374 g/mol.